The summed E-state index contributed by atoms with van der Waals surface area (Å²) >= 11 is 0. The lowest BCUT2D eigenvalue weighted by atomic mass is 10.1. The number of ether oxygens (including phenoxy) is 3. The van der Waals surface area contributed by atoms with Crippen LogP contribution >= 0.6 is 0 Å². The van der Waals surface area contributed by atoms with Crippen molar-refractivity contribution in [2.45, 2.75) is 51.5 Å². The van der Waals surface area contributed by atoms with E-state index in [4.69, 9.17) is 14.6 Å². The van der Waals surface area contributed by atoms with Crippen LogP contribution in [-0.4, -0.2) is 85.8 Å². The number of alkyl halides is 7. The molecule has 2 N–H and O–H groups in total. The number of nitrogens with one attached hydrogen (secondary N) is 1. The van der Waals surface area contributed by atoms with Crippen LogP contribution in [0.15, 0.2) is 24.3 Å². The van der Waals surface area contributed by atoms with Crippen molar-refractivity contribution >= 4 is 12.0 Å². The van der Waals surface area contributed by atoms with Gasteiger partial charge in [0, 0.05) is 26.1 Å². The lowest BCUT2D eigenvalue weighted by molar-refractivity contribution is -0.423. The zero-order chi connectivity index (χ0) is 29.1. The summed E-state index contributed by atoms with van der Waals surface area (Å²) in [6, 6.07) is 5.43. The zero-order valence-electron chi connectivity index (χ0n) is 21.0. The Balaban J connectivity index is 2.75. The third kappa shape index (κ3) is 10.2. The van der Waals surface area contributed by atoms with Crippen molar-refractivity contribution in [1.29, 1.82) is 0 Å². The number of halogens is 7. The number of nitrogens with zero attached hydrogens (tertiary/aromatic N) is 1. The molecule has 218 valence electrons. The van der Waals surface area contributed by atoms with Crippen LogP contribution < -0.4 is 10.1 Å². The van der Waals surface area contributed by atoms with E-state index in [-0.39, 0.29) is 38.6 Å². The van der Waals surface area contributed by atoms with Crippen LogP contribution in [0.5, 0.6) is 5.75 Å². The number of rotatable bonds is 16. The maximum absolute atomic E-state index is 13.4. The fraction of sp³-hybridized carbons (Fsp3) is 0.652. The molecule has 0 aliphatic rings. The Hall–Kier alpha value is -2.81. The quantitative estimate of drug-likeness (QED) is 0.286. The monoisotopic (exact) mass is 564 g/mol. The highest BCUT2D eigenvalue weighted by molar-refractivity contribution is 5.74. The second-order valence-corrected chi connectivity index (χ2v) is 8.48. The van der Waals surface area contributed by atoms with Gasteiger partial charge in [-0.1, -0.05) is 26.0 Å². The largest absolute Gasteiger partial charge is 0.492 e. The van der Waals surface area contributed by atoms with Crippen LogP contribution in [0, 0.1) is 5.92 Å². The molecule has 38 heavy (non-hydrogen) atoms. The minimum Gasteiger partial charge on any atom is -0.492 e. The molecule has 2 amide bonds. The van der Waals surface area contributed by atoms with Crippen molar-refractivity contribution in [2.75, 3.05) is 39.5 Å². The Bertz CT molecular complexity index is 882. The summed E-state index contributed by atoms with van der Waals surface area (Å²) in [5.41, 5.74) is 0.640. The molecule has 0 fully saturated rings. The van der Waals surface area contributed by atoms with Crippen molar-refractivity contribution in [3.8, 4) is 5.75 Å². The van der Waals surface area contributed by atoms with Crippen molar-refractivity contribution in [3.05, 3.63) is 29.8 Å². The van der Waals surface area contributed by atoms with Gasteiger partial charge < -0.3 is 29.5 Å². The highest BCUT2D eigenvalue weighted by atomic mass is 19.4. The number of urea groups is 1. The van der Waals surface area contributed by atoms with Gasteiger partial charge in [-0.25, -0.2) is 9.59 Å². The van der Waals surface area contributed by atoms with E-state index in [1.165, 1.54) is 12.1 Å². The molecule has 8 nitrogen and oxygen atoms in total. The molecule has 0 heterocycles. The van der Waals surface area contributed by atoms with Gasteiger partial charge in [0.2, 0.25) is 0 Å². The first kappa shape index (κ1) is 33.2. The topological polar surface area (TPSA) is 97.3 Å². The van der Waals surface area contributed by atoms with Crippen LogP contribution in [0.3, 0.4) is 0 Å². The first-order chi connectivity index (χ1) is 17.5. The summed E-state index contributed by atoms with van der Waals surface area (Å²) in [6.45, 7) is 3.11. The second-order valence-electron chi connectivity index (χ2n) is 8.48. The molecule has 0 aromatic heterocycles. The van der Waals surface area contributed by atoms with Crippen molar-refractivity contribution in [3.63, 3.8) is 0 Å². The lowest BCUT2D eigenvalue weighted by Gasteiger charge is -2.29. The van der Waals surface area contributed by atoms with E-state index in [9.17, 15) is 40.3 Å². The van der Waals surface area contributed by atoms with Crippen molar-refractivity contribution in [1.82, 2.24) is 10.2 Å². The minimum atomic E-state index is -6.54. The molecule has 1 atom stereocenters. The van der Waals surface area contributed by atoms with E-state index in [1.54, 1.807) is 32.9 Å². The first-order valence-corrected chi connectivity index (χ1v) is 11.6. The Morgan fingerprint density at radius 1 is 1.00 bits per heavy atom. The van der Waals surface area contributed by atoms with E-state index >= 15 is 0 Å². The highest BCUT2D eigenvalue weighted by Gasteiger charge is 2.74. The van der Waals surface area contributed by atoms with Crippen molar-refractivity contribution in [2.24, 2.45) is 5.92 Å². The summed E-state index contributed by atoms with van der Waals surface area (Å²) in [7, 11) is 0. The summed E-state index contributed by atoms with van der Waals surface area (Å²) in [5.74, 6) is -7.23. The minimum absolute atomic E-state index is 0.00470. The number of amides is 2. The van der Waals surface area contributed by atoms with E-state index in [0.29, 0.717) is 11.3 Å². The number of carbonyl (C=O) groups is 2. The average molecular weight is 564 g/mol. The Labute approximate surface area is 215 Å². The summed E-state index contributed by atoms with van der Waals surface area (Å²) in [4.78, 5) is 24.5. The van der Waals surface area contributed by atoms with Crippen LogP contribution in [0.1, 0.15) is 26.3 Å². The molecule has 0 bridgehead atoms. The molecule has 15 heteroatoms. The van der Waals surface area contributed by atoms with Crippen LogP contribution in [0.25, 0.3) is 0 Å². The number of carbonyl (C=O) groups excluding carboxylic acids is 1. The van der Waals surface area contributed by atoms with Crippen molar-refractivity contribution < 1.29 is 59.6 Å². The molecular formula is C23H31F7N2O6. The van der Waals surface area contributed by atoms with Crippen LogP contribution in [0.2, 0.25) is 0 Å². The average Bonchev–Trinajstić information content (AvgIpc) is 2.81. The zero-order valence-corrected chi connectivity index (χ0v) is 21.0. The lowest BCUT2D eigenvalue weighted by Crippen LogP contribution is -2.54. The molecule has 1 aromatic carbocycles. The SMILES string of the molecule is CCOC(Cc1ccc(OCCN(CCOC(F)(F)C(F)(F)C(F)(F)F)C(=O)NCC(C)C)cc1)C(=O)O. The van der Waals surface area contributed by atoms with E-state index < -0.39 is 49.5 Å². The summed E-state index contributed by atoms with van der Waals surface area (Å²) in [5, 5.41) is 11.6. The molecule has 0 spiro atoms. The number of hydrogen-bond donors (Lipinski definition) is 2. The molecule has 1 rings (SSSR count). The molecule has 0 aliphatic carbocycles. The number of aliphatic carboxylic acids is 1. The summed E-state index contributed by atoms with van der Waals surface area (Å²) < 4.78 is 104. The molecular weight excluding hydrogens is 533 g/mol. The molecule has 0 aliphatic heterocycles. The van der Waals surface area contributed by atoms with Gasteiger partial charge in [-0.05, 0) is 30.5 Å². The third-order valence-electron chi connectivity index (χ3n) is 4.93. The van der Waals surface area contributed by atoms with Crippen LogP contribution in [-0.2, 0) is 20.7 Å². The number of hydrogen-bond acceptors (Lipinski definition) is 5. The van der Waals surface area contributed by atoms with Gasteiger partial charge in [0.25, 0.3) is 0 Å². The first-order valence-electron chi connectivity index (χ1n) is 11.6. The predicted molar refractivity (Wildman–Crippen MR) is 120 cm³/mol. The van der Waals surface area contributed by atoms with E-state index in [1.807, 2.05) is 0 Å². The van der Waals surface area contributed by atoms with Crippen LogP contribution in [0.4, 0.5) is 35.5 Å². The Morgan fingerprint density at radius 3 is 2.08 bits per heavy atom. The second kappa shape index (κ2) is 14.4. The standard InChI is InChI=1S/C23H31F7N2O6/c1-4-36-18(19(33)34)13-16-5-7-17(8-6-16)37-11-9-32(20(35)31-14-15(2)3)10-12-38-23(29,30)21(24,25)22(26,27)28/h5-8,15,18H,4,9-14H2,1-3H3,(H,31,35)(H,33,34). The maximum atomic E-state index is 13.4. The van der Waals surface area contributed by atoms with Gasteiger partial charge in [-0.2, -0.15) is 30.7 Å². The number of carboxylic acid groups (broad SMARTS) is 1. The number of carboxylic acids is 1. The van der Waals surface area contributed by atoms with Gasteiger partial charge in [0.05, 0.1) is 13.2 Å². The Morgan fingerprint density at radius 2 is 1.58 bits per heavy atom. The molecule has 1 unspecified atom stereocenters. The fourth-order valence-electron chi connectivity index (χ4n) is 2.89. The van der Waals surface area contributed by atoms with Gasteiger partial charge in [0.15, 0.2) is 6.10 Å². The van der Waals surface area contributed by atoms with Gasteiger partial charge in [-0.15, -0.1) is 0 Å². The highest BCUT2D eigenvalue weighted by Crippen LogP contribution is 2.46. The smallest absolute Gasteiger partial charge is 0.462 e. The normalized spacial score (nSPS) is 13.3. The fourth-order valence-corrected chi connectivity index (χ4v) is 2.89. The number of benzene rings is 1. The molecule has 1 aromatic rings. The molecule has 0 radical (unpaired) electrons. The predicted octanol–water partition coefficient (Wildman–Crippen LogP) is 4.57. The third-order valence-corrected chi connectivity index (χ3v) is 4.93. The maximum Gasteiger partial charge on any atom is 0.462 e. The van der Waals surface area contributed by atoms with Gasteiger partial charge in [-0.3, -0.25) is 0 Å². The molecule has 0 saturated carbocycles. The van der Waals surface area contributed by atoms with E-state index in [2.05, 4.69) is 10.1 Å². The Kier molecular flexibility index (Phi) is 12.6. The van der Waals surface area contributed by atoms with E-state index in [0.717, 1.165) is 4.90 Å². The molecule has 0 saturated heterocycles. The summed E-state index contributed by atoms with van der Waals surface area (Å²) in [6.07, 6.45) is -13.3. The van der Waals surface area contributed by atoms with Gasteiger partial charge >= 0.3 is 30.2 Å². The van der Waals surface area contributed by atoms with Gasteiger partial charge in [0.1, 0.15) is 12.4 Å².